The summed E-state index contributed by atoms with van der Waals surface area (Å²) in [5.41, 5.74) is 5.22. The highest BCUT2D eigenvalue weighted by atomic mass is 16.2. The highest BCUT2D eigenvalue weighted by Gasteiger charge is 2.25. The summed E-state index contributed by atoms with van der Waals surface area (Å²) in [6, 6.07) is 15.5. The van der Waals surface area contributed by atoms with Crippen LogP contribution in [0.15, 0.2) is 53.3 Å². The topological polar surface area (TPSA) is 84.5 Å². The summed E-state index contributed by atoms with van der Waals surface area (Å²) in [7, 11) is 3.94. The molecule has 0 bridgehead atoms. The van der Waals surface area contributed by atoms with Gasteiger partial charge in [0.2, 0.25) is 11.7 Å². The minimum atomic E-state index is -0.174. The average Bonchev–Trinajstić information content (AvgIpc) is 3.46. The van der Waals surface area contributed by atoms with Crippen LogP contribution in [-0.4, -0.2) is 39.2 Å². The second kappa shape index (κ2) is 8.20. The Kier molecular flexibility index (Phi) is 5.20. The molecule has 1 amide bonds. The second-order valence-electron chi connectivity index (χ2n) is 8.67. The minimum Gasteiger partial charge on any atom is -0.378 e. The van der Waals surface area contributed by atoms with E-state index >= 15 is 0 Å². The fraction of sp³-hybridized carbons (Fsp3) is 0.280. The van der Waals surface area contributed by atoms with Gasteiger partial charge in [-0.15, -0.1) is 5.10 Å². The summed E-state index contributed by atoms with van der Waals surface area (Å²) < 4.78 is 3.19. The minimum absolute atomic E-state index is 0.0631. The van der Waals surface area contributed by atoms with Crippen molar-refractivity contribution in [3.05, 3.63) is 75.7 Å². The Morgan fingerprint density at radius 1 is 1.06 bits per heavy atom. The van der Waals surface area contributed by atoms with Crippen molar-refractivity contribution in [2.24, 2.45) is 0 Å². The molecule has 0 unspecified atom stereocenters. The smallest absolute Gasteiger partial charge is 0.279 e. The first-order chi connectivity index (χ1) is 15.9. The quantitative estimate of drug-likeness (QED) is 0.514. The Labute approximate surface area is 191 Å². The molecule has 168 valence electrons. The number of hydrogen-bond donors (Lipinski definition) is 1. The number of nitrogens with one attached hydrogen (secondary N) is 1. The van der Waals surface area contributed by atoms with Gasteiger partial charge in [-0.25, -0.2) is 0 Å². The first-order valence-corrected chi connectivity index (χ1v) is 11.1. The molecule has 8 heteroatoms. The van der Waals surface area contributed by atoms with Crippen LogP contribution in [0.1, 0.15) is 23.2 Å². The predicted octanol–water partition coefficient (Wildman–Crippen LogP) is 3.06. The number of benzene rings is 2. The summed E-state index contributed by atoms with van der Waals surface area (Å²) >= 11 is 0. The zero-order valence-electron chi connectivity index (χ0n) is 19.0. The molecule has 1 N–H and O–H groups in total. The van der Waals surface area contributed by atoms with Crippen LogP contribution in [0, 0.1) is 6.92 Å². The Balaban J connectivity index is 1.51. The number of aryl methyl sites for hydroxylation is 1. The van der Waals surface area contributed by atoms with Gasteiger partial charge in [0.05, 0.1) is 0 Å². The summed E-state index contributed by atoms with van der Waals surface area (Å²) in [4.78, 5) is 32.7. The van der Waals surface area contributed by atoms with E-state index in [2.05, 4.69) is 15.4 Å². The van der Waals surface area contributed by atoms with Gasteiger partial charge in [-0.05, 0) is 50.5 Å². The van der Waals surface area contributed by atoms with Crippen molar-refractivity contribution in [1.29, 1.82) is 0 Å². The van der Waals surface area contributed by atoms with Crippen LogP contribution in [0.4, 0.5) is 11.4 Å². The van der Waals surface area contributed by atoms with Gasteiger partial charge in [0.15, 0.2) is 5.82 Å². The van der Waals surface area contributed by atoms with E-state index in [0.29, 0.717) is 18.0 Å². The van der Waals surface area contributed by atoms with E-state index in [4.69, 9.17) is 0 Å². The van der Waals surface area contributed by atoms with E-state index in [1.165, 1.54) is 4.52 Å². The number of rotatable bonds is 5. The standard InChI is InChI=1S/C25H26N6O2/c1-16-7-9-17(10-8-16)23-27-25-30(21-6-4-5-20(21)24(33)31(25)28-23)15-22(32)26-18-11-13-19(14-12-18)29(2)3/h7-14H,4-6,15H2,1-3H3,(H,26,32). The fourth-order valence-electron chi connectivity index (χ4n) is 4.30. The normalized spacial score (nSPS) is 12.7. The molecule has 1 aliphatic rings. The van der Waals surface area contributed by atoms with E-state index in [1.54, 1.807) is 0 Å². The molecule has 8 nitrogen and oxygen atoms in total. The SMILES string of the molecule is Cc1ccc(-c2nc3n(CC(=O)Nc4ccc(N(C)C)cc4)c4c(c(=O)n3n2)CCC4)cc1. The maximum atomic E-state index is 13.1. The Hall–Kier alpha value is -3.94. The summed E-state index contributed by atoms with van der Waals surface area (Å²) in [6.45, 7) is 2.08. The highest BCUT2D eigenvalue weighted by Crippen LogP contribution is 2.23. The summed E-state index contributed by atoms with van der Waals surface area (Å²) in [5, 5.41) is 7.46. The number of aromatic nitrogens is 4. The number of carbonyl (C=O) groups excluding carboxylic acids is 1. The Morgan fingerprint density at radius 3 is 2.48 bits per heavy atom. The lowest BCUT2D eigenvalue weighted by Gasteiger charge is -2.15. The molecule has 0 radical (unpaired) electrons. The van der Waals surface area contributed by atoms with Crippen LogP contribution in [0.2, 0.25) is 0 Å². The van der Waals surface area contributed by atoms with E-state index in [0.717, 1.165) is 46.6 Å². The number of carbonyl (C=O) groups is 1. The first-order valence-electron chi connectivity index (χ1n) is 11.1. The van der Waals surface area contributed by atoms with E-state index in [9.17, 15) is 9.59 Å². The van der Waals surface area contributed by atoms with Crippen molar-refractivity contribution >= 4 is 23.1 Å². The molecule has 2 aromatic carbocycles. The summed E-state index contributed by atoms with van der Waals surface area (Å²) in [5.74, 6) is 0.700. The van der Waals surface area contributed by atoms with Crippen LogP contribution in [0.25, 0.3) is 17.2 Å². The van der Waals surface area contributed by atoms with Crippen molar-refractivity contribution < 1.29 is 4.79 Å². The molecule has 0 saturated heterocycles. The van der Waals surface area contributed by atoms with Crippen LogP contribution in [-0.2, 0) is 24.2 Å². The number of hydrogen-bond acceptors (Lipinski definition) is 5. The van der Waals surface area contributed by atoms with Crippen LogP contribution in [0.3, 0.4) is 0 Å². The lowest BCUT2D eigenvalue weighted by Crippen LogP contribution is -2.28. The molecule has 0 aliphatic heterocycles. The van der Waals surface area contributed by atoms with Crippen LogP contribution >= 0.6 is 0 Å². The number of fused-ring (bicyclic) bond motifs is 2. The van der Waals surface area contributed by atoms with Gasteiger partial charge in [-0.1, -0.05) is 29.8 Å². The van der Waals surface area contributed by atoms with E-state index in [1.807, 2.05) is 79.0 Å². The number of nitrogens with zero attached hydrogens (tertiary/aromatic N) is 5. The van der Waals surface area contributed by atoms with Gasteiger partial charge in [-0.3, -0.25) is 9.59 Å². The van der Waals surface area contributed by atoms with Crippen molar-refractivity contribution in [3.63, 3.8) is 0 Å². The van der Waals surface area contributed by atoms with Crippen molar-refractivity contribution in [1.82, 2.24) is 19.2 Å². The molecule has 2 aromatic heterocycles. The third kappa shape index (κ3) is 3.88. The van der Waals surface area contributed by atoms with Gasteiger partial charge in [0.25, 0.3) is 5.56 Å². The third-order valence-corrected chi connectivity index (χ3v) is 6.08. The average molecular weight is 443 g/mol. The van der Waals surface area contributed by atoms with Crippen molar-refractivity contribution in [3.8, 4) is 11.4 Å². The lowest BCUT2D eigenvalue weighted by molar-refractivity contribution is -0.116. The zero-order valence-corrected chi connectivity index (χ0v) is 19.0. The number of anilines is 2. The summed E-state index contributed by atoms with van der Waals surface area (Å²) in [6.07, 6.45) is 2.33. The Morgan fingerprint density at radius 2 is 1.79 bits per heavy atom. The molecule has 0 atom stereocenters. The van der Waals surface area contributed by atoms with E-state index < -0.39 is 0 Å². The molecule has 0 spiro atoms. The highest BCUT2D eigenvalue weighted by molar-refractivity contribution is 5.91. The lowest BCUT2D eigenvalue weighted by atomic mass is 10.1. The van der Waals surface area contributed by atoms with Gasteiger partial charge in [0, 0.05) is 42.3 Å². The third-order valence-electron chi connectivity index (χ3n) is 6.08. The van der Waals surface area contributed by atoms with E-state index in [-0.39, 0.29) is 18.0 Å². The molecule has 1 aliphatic carbocycles. The van der Waals surface area contributed by atoms with Crippen LogP contribution in [0.5, 0.6) is 0 Å². The van der Waals surface area contributed by atoms with Gasteiger partial charge in [0.1, 0.15) is 6.54 Å². The maximum Gasteiger partial charge on any atom is 0.279 e. The zero-order chi connectivity index (χ0) is 23.1. The maximum absolute atomic E-state index is 13.1. The molecule has 0 saturated carbocycles. The molecular formula is C25H26N6O2. The molecule has 4 aromatic rings. The molecule has 0 fully saturated rings. The monoisotopic (exact) mass is 442 g/mol. The molecule has 2 heterocycles. The fourth-order valence-corrected chi connectivity index (χ4v) is 4.30. The van der Waals surface area contributed by atoms with Gasteiger partial charge >= 0.3 is 0 Å². The largest absolute Gasteiger partial charge is 0.378 e. The molecule has 33 heavy (non-hydrogen) atoms. The second-order valence-corrected chi connectivity index (χ2v) is 8.67. The number of amides is 1. The first kappa shape index (κ1) is 20.9. The van der Waals surface area contributed by atoms with Crippen molar-refractivity contribution in [2.45, 2.75) is 32.7 Å². The Bertz CT molecular complexity index is 1400. The van der Waals surface area contributed by atoms with Gasteiger partial charge < -0.3 is 14.8 Å². The predicted molar refractivity (Wildman–Crippen MR) is 129 cm³/mol. The van der Waals surface area contributed by atoms with Crippen molar-refractivity contribution in [2.75, 3.05) is 24.3 Å². The van der Waals surface area contributed by atoms with Gasteiger partial charge in [-0.2, -0.15) is 9.50 Å². The van der Waals surface area contributed by atoms with Crippen LogP contribution < -0.4 is 15.8 Å². The molecule has 5 rings (SSSR count). The molecular weight excluding hydrogens is 416 g/mol.